The maximum Gasteiger partial charge on any atom is 0.206 e. The number of allylic oxidation sites excluding steroid dienone is 1. The van der Waals surface area contributed by atoms with Gasteiger partial charge in [-0.3, -0.25) is 4.79 Å². The number of carbonyl (C=O) groups excluding carboxylic acids is 1. The van der Waals surface area contributed by atoms with Gasteiger partial charge in [0.05, 0.1) is 16.3 Å². The molecule has 5 heteroatoms. The molecular formula is C17H13N3OS. The van der Waals surface area contributed by atoms with Gasteiger partial charge >= 0.3 is 0 Å². The highest BCUT2D eigenvalue weighted by Crippen LogP contribution is 2.25. The van der Waals surface area contributed by atoms with Gasteiger partial charge in [-0.05, 0) is 26.0 Å². The highest BCUT2D eigenvalue weighted by molar-refractivity contribution is 7.09. The van der Waals surface area contributed by atoms with Crippen molar-refractivity contribution in [2.75, 3.05) is 0 Å². The molecule has 0 spiro atoms. The molecule has 0 saturated carbocycles. The zero-order chi connectivity index (χ0) is 15.7. The van der Waals surface area contributed by atoms with Crippen LogP contribution in [-0.4, -0.2) is 15.8 Å². The number of aromatic nitrogens is 2. The number of nitrogens with zero attached hydrogens (tertiary/aromatic N) is 2. The van der Waals surface area contributed by atoms with Gasteiger partial charge in [-0.1, -0.05) is 18.2 Å². The van der Waals surface area contributed by atoms with Gasteiger partial charge in [-0.25, -0.2) is 4.98 Å². The SMILES string of the molecule is Cc1nc(/C=C(\C#N)C(=O)c2c(C)[nH]c3ccccc23)cs1. The van der Waals surface area contributed by atoms with Gasteiger partial charge in [-0.2, -0.15) is 5.26 Å². The molecule has 0 aliphatic rings. The first-order valence-corrected chi connectivity index (χ1v) is 7.64. The quantitative estimate of drug-likeness (QED) is 0.451. The maximum absolute atomic E-state index is 12.7. The van der Waals surface area contributed by atoms with E-state index < -0.39 is 0 Å². The number of hydrogen-bond donors (Lipinski definition) is 1. The third-order valence-electron chi connectivity index (χ3n) is 3.41. The van der Waals surface area contributed by atoms with E-state index in [0.717, 1.165) is 21.6 Å². The molecular weight excluding hydrogens is 294 g/mol. The smallest absolute Gasteiger partial charge is 0.206 e. The van der Waals surface area contributed by atoms with Gasteiger partial charge in [-0.15, -0.1) is 11.3 Å². The van der Waals surface area contributed by atoms with E-state index in [-0.39, 0.29) is 11.4 Å². The Kier molecular flexibility index (Phi) is 3.61. The molecule has 22 heavy (non-hydrogen) atoms. The van der Waals surface area contributed by atoms with Crippen LogP contribution in [0.1, 0.15) is 26.8 Å². The number of aromatic amines is 1. The number of nitrogens with one attached hydrogen (secondary N) is 1. The Morgan fingerprint density at radius 1 is 1.36 bits per heavy atom. The lowest BCUT2D eigenvalue weighted by molar-refractivity contribution is 0.104. The number of hydrogen-bond acceptors (Lipinski definition) is 4. The van der Waals surface area contributed by atoms with Crippen molar-refractivity contribution in [1.29, 1.82) is 5.26 Å². The number of thiazole rings is 1. The predicted molar refractivity (Wildman–Crippen MR) is 87.8 cm³/mol. The third kappa shape index (κ3) is 2.45. The summed E-state index contributed by atoms with van der Waals surface area (Å²) in [6.45, 7) is 3.73. The van der Waals surface area contributed by atoms with Crippen LogP contribution in [0.15, 0.2) is 35.2 Å². The largest absolute Gasteiger partial charge is 0.358 e. The van der Waals surface area contributed by atoms with Gasteiger partial charge in [0.2, 0.25) is 5.78 Å². The van der Waals surface area contributed by atoms with Gasteiger partial charge in [0.15, 0.2) is 0 Å². The zero-order valence-corrected chi connectivity index (χ0v) is 13.0. The number of fused-ring (bicyclic) bond motifs is 1. The Balaban J connectivity index is 2.10. The molecule has 0 radical (unpaired) electrons. The van der Waals surface area contributed by atoms with E-state index in [2.05, 4.69) is 9.97 Å². The molecule has 0 atom stereocenters. The first kappa shape index (κ1) is 14.2. The van der Waals surface area contributed by atoms with E-state index in [1.165, 1.54) is 11.3 Å². The molecule has 0 fully saturated rings. The number of H-pyrrole nitrogens is 1. The fourth-order valence-electron chi connectivity index (χ4n) is 2.45. The molecule has 108 valence electrons. The molecule has 3 aromatic rings. The van der Waals surface area contributed by atoms with Gasteiger partial charge in [0.1, 0.15) is 11.6 Å². The summed E-state index contributed by atoms with van der Waals surface area (Å²) in [6.07, 6.45) is 1.55. The molecule has 0 bridgehead atoms. The summed E-state index contributed by atoms with van der Waals surface area (Å²) in [5.41, 5.74) is 2.95. The number of ketones is 1. The molecule has 1 aromatic carbocycles. The molecule has 1 N–H and O–H groups in total. The highest BCUT2D eigenvalue weighted by atomic mass is 32.1. The second kappa shape index (κ2) is 5.58. The van der Waals surface area contributed by atoms with Crippen molar-refractivity contribution in [2.45, 2.75) is 13.8 Å². The van der Waals surface area contributed by atoms with Crippen LogP contribution in [0.25, 0.3) is 17.0 Å². The first-order valence-electron chi connectivity index (χ1n) is 6.76. The number of benzene rings is 1. The van der Waals surface area contributed by atoms with Crippen LogP contribution in [0, 0.1) is 25.2 Å². The molecule has 2 aromatic heterocycles. The van der Waals surface area contributed by atoms with Crippen LogP contribution in [0.5, 0.6) is 0 Å². The number of rotatable bonds is 3. The number of carbonyl (C=O) groups is 1. The van der Waals surface area contributed by atoms with Crippen LogP contribution in [0.4, 0.5) is 0 Å². The number of nitriles is 1. The summed E-state index contributed by atoms with van der Waals surface area (Å²) in [5, 5.41) is 12.9. The Hall–Kier alpha value is -2.71. The van der Waals surface area contributed by atoms with Crippen LogP contribution < -0.4 is 0 Å². The van der Waals surface area contributed by atoms with Gasteiger partial charge in [0.25, 0.3) is 0 Å². The Labute approximate surface area is 131 Å². The number of Topliss-reactive ketones (excluding diaryl/α,β-unsaturated/α-hetero) is 1. The Morgan fingerprint density at radius 3 is 2.82 bits per heavy atom. The van der Waals surface area contributed by atoms with Crippen LogP contribution in [0.2, 0.25) is 0 Å². The molecule has 3 rings (SSSR count). The minimum Gasteiger partial charge on any atom is -0.358 e. The lowest BCUT2D eigenvalue weighted by Gasteiger charge is -1.99. The summed E-state index contributed by atoms with van der Waals surface area (Å²) < 4.78 is 0. The number of aryl methyl sites for hydroxylation is 2. The summed E-state index contributed by atoms with van der Waals surface area (Å²) >= 11 is 1.49. The van der Waals surface area contributed by atoms with Crippen LogP contribution in [-0.2, 0) is 0 Å². The Morgan fingerprint density at radius 2 is 2.14 bits per heavy atom. The predicted octanol–water partition coefficient (Wildman–Crippen LogP) is 4.03. The van der Waals surface area contributed by atoms with Crippen molar-refractivity contribution < 1.29 is 4.79 Å². The average Bonchev–Trinajstić information content (AvgIpc) is 3.06. The van der Waals surface area contributed by atoms with E-state index >= 15 is 0 Å². The molecule has 0 amide bonds. The molecule has 0 unspecified atom stereocenters. The van der Waals surface area contributed by atoms with Crippen molar-refractivity contribution in [2.24, 2.45) is 0 Å². The van der Waals surface area contributed by atoms with E-state index in [1.54, 1.807) is 6.08 Å². The van der Waals surface area contributed by atoms with Crippen molar-refractivity contribution in [3.05, 3.63) is 57.2 Å². The normalized spacial score (nSPS) is 11.6. The molecule has 0 aliphatic heterocycles. The zero-order valence-electron chi connectivity index (χ0n) is 12.2. The first-order chi connectivity index (χ1) is 10.6. The fraction of sp³-hybridized carbons (Fsp3) is 0.118. The van der Waals surface area contributed by atoms with Crippen molar-refractivity contribution >= 4 is 34.1 Å². The van der Waals surface area contributed by atoms with Crippen molar-refractivity contribution in [1.82, 2.24) is 9.97 Å². The van der Waals surface area contributed by atoms with Crippen LogP contribution in [0.3, 0.4) is 0 Å². The van der Waals surface area contributed by atoms with E-state index in [1.807, 2.05) is 49.6 Å². The van der Waals surface area contributed by atoms with Crippen molar-refractivity contribution in [3.8, 4) is 6.07 Å². The van der Waals surface area contributed by atoms with Gasteiger partial charge in [0, 0.05) is 22.0 Å². The van der Waals surface area contributed by atoms with E-state index in [4.69, 9.17) is 0 Å². The lowest BCUT2D eigenvalue weighted by Crippen LogP contribution is -2.03. The van der Waals surface area contributed by atoms with Crippen LogP contribution >= 0.6 is 11.3 Å². The summed E-state index contributed by atoms with van der Waals surface area (Å²) in [6, 6.07) is 9.59. The average molecular weight is 307 g/mol. The lowest BCUT2D eigenvalue weighted by atomic mass is 10.0. The third-order valence-corrected chi connectivity index (χ3v) is 4.21. The second-order valence-corrected chi connectivity index (χ2v) is 6.02. The maximum atomic E-state index is 12.7. The molecule has 0 saturated heterocycles. The topological polar surface area (TPSA) is 69.5 Å². The highest BCUT2D eigenvalue weighted by Gasteiger charge is 2.19. The van der Waals surface area contributed by atoms with Gasteiger partial charge < -0.3 is 4.98 Å². The molecule has 0 aliphatic carbocycles. The standard InChI is InChI=1S/C17H13N3OS/c1-10-16(14-5-3-4-6-15(14)19-10)17(21)12(8-18)7-13-9-22-11(2)20-13/h3-7,9,19H,1-2H3/b12-7+. The van der Waals surface area contributed by atoms with Crippen molar-refractivity contribution in [3.63, 3.8) is 0 Å². The monoisotopic (exact) mass is 307 g/mol. The molecule has 4 nitrogen and oxygen atoms in total. The van der Waals surface area contributed by atoms with E-state index in [9.17, 15) is 10.1 Å². The minimum atomic E-state index is -0.275. The number of para-hydroxylation sites is 1. The Bertz CT molecular complexity index is 940. The molecule has 2 heterocycles. The summed E-state index contributed by atoms with van der Waals surface area (Å²) in [7, 11) is 0. The summed E-state index contributed by atoms with van der Waals surface area (Å²) in [4.78, 5) is 20.2. The minimum absolute atomic E-state index is 0.0955. The second-order valence-electron chi connectivity index (χ2n) is 4.96. The van der Waals surface area contributed by atoms with E-state index in [0.29, 0.717) is 11.3 Å². The summed E-state index contributed by atoms with van der Waals surface area (Å²) in [5.74, 6) is -0.275. The fourth-order valence-corrected chi connectivity index (χ4v) is 3.02.